The number of rotatable bonds is 11. The van der Waals surface area contributed by atoms with E-state index in [1.165, 1.54) is 23.1 Å². The van der Waals surface area contributed by atoms with Crippen molar-refractivity contribution in [3.63, 3.8) is 0 Å². The molecule has 1 heterocycles. The van der Waals surface area contributed by atoms with Gasteiger partial charge in [-0.05, 0) is 29.7 Å². The second-order valence-corrected chi connectivity index (χ2v) is 11.0. The Morgan fingerprint density at radius 1 is 0.895 bits per heavy atom. The summed E-state index contributed by atoms with van der Waals surface area (Å²) in [5.74, 6) is -1.71. The van der Waals surface area contributed by atoms with Gasteiger partial charge in [0.1, 0.15) is 17.5 Å². The van der Waals surface area contributed by atoms with Crippen LogP contribution in [0.3, 0.4) is 0 Å². The Balaban J connectivity index is 1.68. The quantitative estimate of drug-likeness (QED) is 0.381. The summed E-state index contributed by atoms with van der Waals surface area (Å²) in [5.41, 5.74) is 1.67. The largest absolute Gasteiger partial charge is 0.354 e. The first kappa shape index (κ1) is 27.1. The molecule has 3 amide bonds. The molecule has 3 aromatic carbocycles. The van der Waals surface area contributed by atoms with Crippen LogP contribution in [0.5, 0.6) is 0 Å². The normalized spacial score (nSPS) is 14.6. The van der Waals surface area contributed by atoms with Gasteiger partial charge in [-0.2, -0.15) is 0 Å². The zero-order chi connectivity index (χ0) is 27.1. The van der Waals surface area contributed by atoms with Crippen molar-refractivity contribution in [3.8, 4) is 0 Å². The first-order valence-electron chi connectivity index (χ1n) is 12.6. The van der Waals surface area contributed by atoms with Crippen LogP contribution in [0.1, 0.15) is 41.3 Å². The van der Waals surface area contributed by atoms with Gasteiger partial charge in [0.25, 0.3) is 15.9 Å². The van der Waals surface area contributed by atoms with Gasteiger partial charge in [0.15, 0.2) is 0 Å². The monoisotopic (exact) mass is 533 g/mol. The third-order valence-corrected chi connectivity index (χ3v) is 8.27. The van der Waals surface area contributed by atoms with Crippen molar-refractivity contribution >= 4 is 27.7 Å². The lowest BCUT2D eigenvalue weighted by atomic mass is 10.0. The van der Waals surface area contributed by atoms with E-state index in [-0.39, 0.29) is 29.3 Å². The Bertz CT molecular complexity index is 1390. The van der Waals surface area contributed by atoms with Crippen LogP contribution in [0.25, 0.3) is 0 Å². The third-order valence-electron chi connectivity index (χ3n) is 6.49. The summed E-state index contributed by atoms with van der Waals surface area (Å²) in [6, 6.07) is 23.5. The molecule has 38 heavy (non-hydrogen) atoms. The van der Waals surface area contributed by atoms with E-state index in [1.807, 2.05) is 67.6 Å². The van der Waals surface area contributed by atoms with Gasteiger partial charge in [-0.3, -0.25) is 14.4 Å². The molecule has 0 saturated carbocycles. The SMILES string of the molecule is CCCCNC(=O)[C@@H](Cc1ccccc1)N(Cc1ccccc1)C(=O)CN1C(=O)c2ccccc2S1(=O)=O. The molecule has 1 N–H and O–H groups in total. The number of hydrogen-bond donors (Lipinski definition) is 1. The summed E-state index contributed by atoms with van der Waals surface area (Å²) < 4.78 is 26.9. The predicted octanol–water partition coefficient (Wildman–Crippen LogP) is 3.39. The molecule has 8 nitrogen and oxygen atoms in total. The van der Waals surface area contributed by atoms with Crippen LogP contribution in [-0.2, 0) is 32.6 Å². The molecule has 3 aromatic rings. The van der Waals surface area contributed by atoms with Crippen LogP contribution in [-0.4, -0.2) is 54.5 Å². The van der Waals surface area contributed by atoms with Crippen LogP contribution in [0.2, 0.25) is 0 Å². The lowest BCUT2D eigenvalue weighted by molar-refractivity contribution is -0.141. The molecule has 0 bridgehead atoms. The van der Waals surface area contributed by atoms with Crippen molar-refractivity contribution in [3.05, 3.63) is 102 Å². The molecule has 1 atom stereocenters. The fraction of sp³-hybridized carbons (Fsp3) is 0.276. The summed E-state index contributed by atoms with van der Waals surface area (Å²) in [6.07, 6.45) is 1.92. The lowest BCUT2D eigenvalue weighted by Crippen LogP contribution is -2.53. The highest BCUT2D eigenvalue weighted by atomic mass is 32.2. The molecule has 0 saturated heterocycles. The molecular formula is C29H31N3O5S. The van der Waals surface area contributed by atoms with Gasteiger partial charge in [-0.15, -0.1) is 0 Å². The smallest absolute Gasteiger partial charge is 0.269 e. The van der Waals surface area contributed by atoms with Crippen LogP contribution in [0.15, 0.2) is 89.8 Å². The Morgan fingerprint density at radius 3 is 2.13 bits per heavy atom. The molecule has 0 radical (unpaired) electrons. The predicted molar refractivity (Wildman–Crippen MR) is 144 cm³/mol. The zero-order valence-corrected chi connectivity index (χ0v) is 22.1. The molecule has 0 fully saturated rings. The van der Waals surface area contributed by atoms with E-state index in [9.17, 15) is 22.8 Å². The number of carbonyl (C=O) groups excluding carboxylic acids is 3. The minimum Gasteiger partial charge on any atom is -0.354 e. The van der Waals surface area contributed by atoms with Crippen molar-refractivity contribution < 1.29 is 22.8 Å². The highest BCUT2D eigenvalue weighted by Crippen LogP contribution is 2.30. The standard InChI is InChI=1S/C29H31N3O5S/c1-2-3-18-30-28(34)25(19-22-12-6-4-7-13-22)31(20-23-14-8-5-9-15-23)27(33)21-32-29(35)24-16-10-11-17-26(24)38(32,36)37/h4-17,25H,2-3,18-21H2,1H3,(H,30,34)/t25-/m1/s1. The second kappa shape index (κ2) is 12.0. The minimum atomic E-state index is -4.18. The van der Waals surface area contributed by atoms with Crippen molar-refractivity contribution in [2.75, 3.05) is 13.1 Å². The van der Waals surface area contributed by atoms with Crippen molar-refractivity contribution in [2.24, 2.45) is 0 Å². The molecule has 0 spiro atoms. The fourth-order valence-corrected chi connectivity index (χ4v) is 5.96. The van der Waals surface area contributed by atoms with E-state index in [0.717, 1.165) is 24.0 Å². The molecule has 0 unspecified atom stereocenters. The van der Waals surface area contributed by atoms with Gasteiger partial charge in [-0.1, -0.05) is 86.1 Å². The number of hydrogen-bond acceptors (Lipinski definition) is 5. The number of carbonyl (C=O) groups is 3. The van der Waals surface area contributed by atoms with Crippen LogP contribution < -0.4 is 5.32 Å². The van der Waals surface area contributed by atoms with E-state index < -0.39 is 34.4 Å². The van der Waals surface area contributed by atoms with Gasteiger partial charge < -0.3 is 10.2 Å². The number of unbranched alkanes of at least 4 members (excludes halogenated alkanes) is 1. The first-order valence-corrected chi connectivity index (χ1v) is 14.1. The molecule has 198 valence electrons. The average molecular weight is 534 g/mol. The Morgan fingerprint density at radius 2 is 1.50 bits per heavy atom. The number of nitrogens with zero attached hydrogens (tertiary/aromatic N) is 2. The molecule has 0 aliphatic carbocycles. The lowest BCUT2D eigenvalue weighted by Gasteiger charge is -2.32. The Kier molecular flexibility index (Phi) is 8.58. The summed E-state index contributed by atoms with van der Waals surface area (Å²) in [7, 11) is -4.18. The number of fused-ring (bicyclic) bond motifs is 1. The van der Waals surface area contributed by atoms with E-state index in [1.54, 1.807) is 6.07 Å². The number of amides is 3. The number of nitrogens with one attached hydrogen (secondary N) is 1. The zero-order valence-electron chi connectivity index (χ0n) is 21.2. The summed E-state index contributed by atoms with van der Waals surface area (Å²) in [5, 5.41) is 2.93. The maximum atomic E-state index is 13.8. The van der Waals surface area contributed by atoms with Gasteiger partial charge in [0.2, 0.25) is 11.8 Å². The second-order valence-electron chi connectivity index (χ2n) is 9.17. The van der Waals surface area contributed by atoms with Crippen LogP contribution in [0.4, 0.5) is 0 Å². The van der Waals surface area contributed by atoms with Gasteiger partial charge in [0, 0.05) is 19.5 Å². The maximum Gasteiger partial charge on any atom is 0.269 e. The number of benzene rings is 3. The Hall–Kier alpha value is -3.98. The van der Waals surface area contributed by atoms with Gasteiger partial charge in [-0.25, -0.2) is 12.7 Å². The summed E-state index contributed by atoms with van der Waals surface area (Å²) in [6.45, 7) is 1.86. The molecule has 1 aliphatic rings. The van der Waals surface area contributed by atoms with Gasteiger partial charge >= 0.3 is 0 Å². The first-order chi connectivity index (χ1) is 18.3. The van der Waals surface area contributed by atoms with E-state index in [2.05, 4.69) is 5.32 Å². The fourth-order valence-electron chi connectivity index (χ4n) is 4.44. The minimum absolute atomic E-state index is 0.0352. The Labute approximate surface area is 223 Å². The van der Waals surface area contributed by atoms with E-state index in [4.69, 9.17) is 0 Å². The van der Waals surface area contributed by atoms with Gasteiger partial charge in [0.05, 0.1) is 5.56 Å². The average Bonchev–Trinajstić information content (AvgIpc) is 3.12. The summed E-state index contributed by atoms with van der Waals surface area (Å²) >= 11 is 0. The van der Waals surface area contributed by atoms with Crippen molar-refractivity contribution in [1.82, 2.24) is 14.5 Å². The van der Waals surface area contributed by atoms with E-state index >= 15 is 0 Å². The molecule has 9 heteroatoms. The summed E-state index contributed by atoms with van der Waals surface area (Å²) in [4.78, 5) is 41.6. The maximum absolute atomic E-state index is 13.8. The highest BCUT2D eigenvalue weighted by molar-refractivity contribution is 7.90. The van der Waals surface area contributed by atoms with Crippen LogP contribution >= 0.6 is 0 Å². The topological polar surface area (TPSA) is 104 Å². The molecule has 4 rings (SSSR count). The third kappa shape index (κ3) is 5.94. The van der Waals surface area contributed by atoms with E-state index in [0.29, 0.717) is 10.8 Å². The van der Waals surface area contributed by atoms with Crippen LogP contribution in [0, 0.1) is 0 Å². The molecule has 0 aromatic heterocycles. The molecule has 1 aliphatic heterocycles. The van der Waals surface area contributed by atoms with Crippen molar-refractivity contribution in [2.45, 2.75) is 43.7 Å². The number of sulfonamides is 1. The molecular weight excluding hydrogens is 502 g/mol. The van der Waals surface area contributed by atoms with Crippen molar-refractivity contribution in [1.29, 1.82) is 0 Å². The highest BCUT2D eigenvalue weighted by Gasteiger charge is 2.43.